The van der Waals surface area contributed by atoms with Crippen molar-refractivity contribution in [3.05, 3.63) is 102 Å². The molecule has 1 aromatic heterocycles. The Morgan fingerprint density at radius 3 is 2.28 bits per heavy atom. The van der Waals surface area contributed by atoms with Crippen molar-refractivity contribution < 1.29 is 50.7 Å². The van der Waals surface area contributed by atoms with E-state index < -0.39 is 67.7 Å². The largest absolute Gasteiger partial charge is 0.406 e. The van der Waals surface area contributed by atoms with Gasteiger partial charge in [-0.25, -0.2) is 18.4 Å². The number of carbonyl (C=O) groups excluding carboxylic acids is 6. The van der Waals surface area contributed by atoms with E-state index in [4.69, 9.17) is 0 Å². The van der Waals surface area contributed by atoms with Gasteiger partial charge in [-0.1, -0.05) is 24.3 Å². The van der Waals surface area contributed by atoms with Gasteiger partial charge < -0.3 is 29.7 Å². The van der Waals surface area contributed by atoms with E-state index in [9.17, 15) is 46.3 Å². The van der Waals surface area contributed by atoms with Crippen LogP contribution in [-0.4, -0.2) is 144 Å². The molecular formula is C48H53F5N10O6. The van der Waals surface area contributed by atoms with Gasteiger partial charge in [0.15, 0.2) is 0 Å². The number of aldehydes is 1. The Bertz CT molecular complexity index is 2540. The fourth-order valence-electron chi connectivity index (χ4n) is 9.50. The number of nitrogens with zero attached hydrogens (tertiary/aromatic N) is 8. The molecule has 3 aliphatic heterocycles. The zero-order valence-corrected chi connectivity index (χ0v) is 38.0. The maximum atomic E-state index is 15.7. The molecule has 2 atom stereocenters. The normalized spacial score (nSPS) is 20.1. The van der Waals surface area contributed by atoms with Gasteiger partial charge in [0, 0.05) is 102 Å². The molecule has 69 heavy (non-hydrogen) atoms. The van der Waals surface area contributed by atoms with Crippen LogP contribution in [0.5, 0.6) is 0 Å². The second kappa shape index (κ2) is 20.4. The van der Waals surface area contributed by atoms with Crippen LogP contribution in [-0.2, 0) is 37.8 Å². The van der Waals surface area contributed by atoms with Crippen molar-refractivity contribution in [2.24, 2.45) is 5.92 Å². The zero-order valence-electron chi connectivity index (χ0n) is 38.0. The summed E-state index contributed by atoms with van der Waals surface area (Å²) >= 11 is 0. The van der Waals surface area contributed by atoms with E-state index >= 15 is 4.39 Å². The number of nitrogens with one attached hydrogen (secondary N) is 2. The summed E-state index contributed by atoms with van der Waals surface area (Å²) in [6, 6.07) is 15.7. The molecule has 7 amide bonds. The molecule has 21 heteroatoms. The number of rotatable bonds is 14. The molecule has 0 spiro atoms. The van der Waals surface area contributed by atoms with Crippen molar-refractivity contribution in [1.82, 2.24) is 40.0 Å². The number of piperidine rings is 1. The number of urea groups is 2. The molecule has 3 fully saturated rings. The topological polar surface area (TPSA) is 164 Å². The number of hydrogen-bond acceptors (Lipinski definition) is 9. The molecule has 0 saturated carbocycles. The van der Waals surface area contributed by atoms with Gasteiger partial charge in [0.05, 0.1) is 6.20 Å². The number of halogens is 5. The number of alkyl halides is 4. The molecule has 4 aromatic rings. The summed E-state index contributed by atoms with van der Waals surface area (Å²) in [5.74, 6) is -1.55. The molecule has 4 heterocycles. The standard InChI is InChI=1S/C48H53F5N10O6/c1-57(28-43(66)61(30-48(51,52)53)26-32-2-5-36(49)6-3-32)46(69)56-47(31-64)23-41(50)39-22-34(4-11-40(39)47)35-24-54-62(27-35)29-44(67)60-15-12-33(13-16-60)25-58-18-20-59(21-19-58)37-7-9-38(10-8-37)63-17-14-42(65)55-45(63)68/h2-11,22,24,27,31,33,41H,12-21,23,25-26,28-30H2,1H3,(H,56,69)(H,55,65,68)/t41?,47-/m1/s1. The summed E-state index contributed by atoms with van der Waals surface area (Å²) in [4.78, 5) is 85.7. The molecule has 366 valence electrons. The van der Waals surface area contributed by atoms with Gasteiger partial charge in [-0.05, 0) is 83.5 Å². The maximum Gasteiger partial charge on any atom is 0.406 e. The molecule has 0 bridgehead atoms. The first-order valence-corrected chi connectivity index (χ1v) is 22.8. The van der Waals surface area contributed by atoms with Crippen LogP contribution in [0, 0.1) is 11.7 Å². The summed E-state index contributed by atoms with van der Waals surface area (Å²) < 4.78 is 70.9. The first-order valence-electron chi connectivity index (χ1n) is 22.8. The third kappa shape index (κ3) is 11.5. The third-order valence-electron chi connectivity index (χ3n) is 13.3. The minimum absolute atomic E-state index is 0.00565. The number of benzene rings is 3. The molecular weight excluding hydrogens is 908 g/mol. The number of likely N-dealkylation sites (tertiary alicyclic amines) is 1. The van der Waals surface area contributed by atoms with Gasteiger partial charge in [-0.2, -0.15) is 18.3 Å². The number of aromatic nitrogens is 2. The van der Waals surface area contributed by atoms with Crippen LogP contribution >= 0.6 is 0 Å². The van der Waals surface area contributed by atoms with Gasteiger partial charge in [0.25, 0.3) is 0 Å². The number of likely N-dealkylation sites (N-methyl/N-ethyl adjacent to an activating group) is 1. The van der Waals surface area contributed by atoms with Crippen molar-refractivity contribution >= 4 is 47.4 Å². The van der Waals surface area contributed by atoms with Gasteiger partial charge in [-0.3, -0.25) is 34.2 Å². The van der Waals surface area contributed by atoms with E-state index in [0.717, 1.165) is 81.0 Å². The molecule has 3 aromatic carbocycles. The quantitative estimate of drug-likeness (QED) is 0.127. The number of imide groups is 1. The first-order chi connectivity index (χ1) is 33.0. The van der Waals surface area contributed by atoms with E-state index in [0.29, 0.717) is 47.9 Å². The lowest BCUT2D eigenvalue weighted by atomic mass is 9.92. The van der Waals surface area contributed by atoms with Gasteiger partial charge in [0.1, 0.15) is 43.4 Å². The molecule has 1 unspecified atom stereocenters. The number of amides is 7. The predicted octanol–water partition coefficient (Wildman–Crippen LogP) is 5.24. The average molecular weight is 961 g/mol. The number of hydrogen-bond donors (Lipinski definition) is 2. The van der Waals surface area contributed by atoms with Crippen molar-refractivity contribution in [2.75, 3.05) is 82.3 Å². The second-order valence-electron chi connectivity index (χ2n) is 18.2. The number of carbonyl (C=O) groups is 6. The SMILES string of the molecule is CN(CC(=O)N(Cc1ccc(F)cc1)CC(F)(F)F)C(=O)N[C@@]1(C=O)CC(F)c2cc(-c3cnn(CC(=O)N4CCC(CN5CCN(c6ccc(N7CCC(=O)NC7=O)cc6)CC5)CC4)c3)ccc21. The second-order valence-corrected chi connectivity index (χ2v) is 18.2. The summed E-state index contributed by atoms with van der Waals surface area (Å²) in [5, 5.41) is 9.24. The molecule has 2 N–H and O–H groups in total. The smallest absolute Gasteiger partial charge is 0.369 e. The third-order valence-corrected chi connectivity index (χ3v) is 13.3. The van der Waals surface area contributed by atoms with Crippen molar-refractivity contribution in [1.29, 1.82) is 0 Å². The lowest BCUT2D eigenvalue weighted by molar-refractivity contribution is -0.162. The highest BCUT2D eigenvalue weighted by Crippen LogP contribution is 2.46. The van der Waals surface area contributed by atoms with Crippen molar-refractivity contribution in [3.63, 3.8) is 0 Å². The Kier molecular flexibility index (Phi) is 14.3. The lowest BCUT2D eigenvalue weighted by Crippen LogP contribution is -2.53. The Morgan fingerprint density at radius 2 is 1.61 bits per heavy atom. The molecule has 0 radical (unpaired) electrons. The summed E-state index contributed by atoms with van der Waals surface area (Å²) in [6.07, 6.45) is -1.25. The highest BCUT2D eigenvalue weighted by molar-refractivity contribution is 6.05. The Hall–Kier alpha value is -6.90. The molecule has 4 aliphatic rings. The fourth-order valence-corrected chi connectivity index (χ4v) is 9.50. The predicted molar refractivity (Wildman–Crippen MR) is 243 cm³/mol. The van der Waals surface area contributed by atoms with Crippen LogP contribution in [0.1, 0.15) is 48.5 Å². The summed E-state index contributed by atoms with van der Waals surface area (Å²) in [6.45, 7) is 3.19. The monoisotopic (exact) mass is 960 g/mol. The van der Waals surface area contributed by atoms with E-state index in [1.54, 1.807) is 29.4 Å². The average Bonchev–Trinajstić information content (AvgIpc) is 3.91. The first kappa shape index (κ1) is 48.6. The zero-order chi connectivity index (χ0) is 49.0. The van der Waals surface area contributed by atoms with Gasteiger partial charge in [0.2, 0.25) is 17.7 Å². The van der Waals surface area contributed by atoms with Crippen LogP contribution in [0.4, 0.5) is 42.9 Å². The van der Waals surface area contributed by atoms with E-state index in [-0.39, 0.29) is 41.5 Å². The fraction of sp³-hybridized carbons (Fsp3) is 0.438. The molecule has 8 rings (SSSR count). The highest BCUT2D eigenvalue weighted by atomic mass is 19.4. The Labute approximate surface area is 394 Å². The molecule has 16 nitrogen and oxygen atoms in total. The van der Waals surface area contributed by atoms with Gasteiger partial charge in [-0.15, -0.1) is 0 Å². The van der Waals surface area contributed by atoms with Crippen molar-refractivity contribution in [2.45, 2.75) is 56.7 Å². The van der Waals surface area contributed by atoms with Crippen LogP contribution in [0.25, 0.3) is 11.1 Å². The summed E-state index contributed by atoms with van der Waals surface area (Å²) in [7, 11) is 1.16. The van der Waals surface area contributed by atoms with E-state index in [1.165, 1.54) is 22.9 Å². The van der Waals surface area contributed by atoms with E-state index in [2.05, 4.69) is 25.5 Å². The van der Waals surface area contributed by atoms with Gasteiger partial charge >= 0.3 is 18.2 Å². The minimum Gasteiger partial charge on any atom is -0.369 e. The number of anilines is 2. The van der Waals surface area contributed by atoms with Crippen LogP contribution in [0.15, 0.2) is 79.1 Å². The minimum atomic E-state index is -4.77. The Balaban J connectivity index is 0.799. The number of fused-ring (bicyclic) bond motifs is 1. The Morgan fingerprint density at radius 1 is 0.913 bits per heavy atom. The van der Waals surface area contributed by atoms with Crippen molar-refractivity contribution in [3.8, 4) is 11.1 Å². The molecule has 3 saturated heterocycles. The summed E-state index contributed by atoms with van der Waals surface area (Å²) in [5.41, 5.74) is 1.69. The molecule has 1 aliphatic carbocycles. The van der Waals surface area contributed by atoms with Crippen LogP contribution < -0.4 is 20.4 Å². The van der Waals surface area contributed by atoms with E-state index in [1.807, 2.05) is 29.2 Å². The highest BCUT2D eigenvalue weighted by Gasteiger charge is 2.46. The van der Waals surface area contributed by atoms with Crippen LogP contribution in [0.2, 0.25) is 0 Å². The maximum absolute atomic E-state index is 15.7. The van der Waals surface area contributed by atoms with Crippen LogP contribution in [0.3, 0.4) is 0 Å². The lowest BCUT2D eigenvalue weighted by Gasteiger charge is -2.39. The number of piperazine rings is 1.